The highest BCUT2D eigenvalue weighted by atomic mass is 16.3. The fourth-order valence-corrected chi connectivity index (χ4v) is 2.97. The van der Waals surface area contributed by atoms with Crippen molar-refractivity contribution >= 4 is 22.7 Å². The summed E-state index contributed by atoms with van der Waals surface area (Å²) in [7, 11) is 0. The topological polar surface area (TPSA) is 81.9 Å². The molecule has 8 heteroatoms. The fraction of sp³-hybridized carbons (Fsp3) is 0.400. The summed E-state index contributed by atoms with van der Waals surface area (Å²) in [6.07, 6.45) is 1.55. The van der Waals surface area contributed by atoms with E-state index in [0.29, 0.717) is 24.3 Å². The Morgan fingerprint density at radius 3 is 2.61 bits per heavy atom. The lowest BCUT2D eigenvalue weighted by Crippen LogP contribution is -2.55. The zero-order valence-electron chi connectivity index (χ0n) is 12.8. The third-order valence-corrected chi connectivity index (χ3v) is 4.11. The van der Waals surface area contributed by atoms with Crippen LogP contribution >= 0.6 is 0 Å². The van der Waals surface area contributed by atoms with E-state index >= 15 is 0 Å². The molecule has 2 bridgehead atoms. The van der Waals surface area contributed by atoms with Crippen LogP contribution in [-0.2, 0) is 0 Å². The van der Waals surface area contributed by atoms with Gasteiger partial charge in [-0.05, 0) is 6.07 Å². The first-order valence-corrected chi connectivity index (χ1v) is 7.50. The molecule has 1 amide bonds. The molecule has 0 aliphatic carbocycles. The second kappa shape index (κ2) is 5.41. The number of rotatable bonds is 3. The van der Waals surface area contributed by atoms with Crippen molar-refractivity contribution < 1.29 is 14.0 Å². The first-order valence-electron chi connectivity index (χ1n) is 7.50. The molecule has 2 atom stereocenters. The van der Waals surface area contributed by atoms with Crippen LogP contribution in [0.5, 0.6) is 0 Å². The third kappa shape index (κ3) is 2.72. The highest BCUT2D eigenvalue weighted by molar-refractivity contribution is 5.98. The zero-order chi connectivity index (χ0) is 16.0. The summed E-state index contributed by atoms with van der Waals surface area (Å²) in [5, 5.41) is 2.58. The molecule has 0 aromatic carbocycles. The largest absolute Gasteiger partial charge is 0.453 e. The van der Waals surface area contributed by atoms with Gasteiger partial charge in [-0.15, -0.1) is 0 Å². The van der Waals surface area contributed by atoms with E-state index in [9.17, 15) is 9.59 Å². The molecule has 0 spiro atoms. The summed E-state index contributed by atoms with van der Waals surface area (Å²) in [6.45, 7) is 5.86. The smallest absolute Gasteiger partial charge is 0.284 e. The number of hydrogen-bond acceptors (Lipinski definition) is 7. The monoisotopic (exact) mass is 315 g/mol. The van der Waals surface area contributed by atoms with Crippen LogP contribution < -0.4 is 5.43 Å². The molecule has 8 nitrogen and oxygen atoms in total. The van der Waals surface area contributed by atoms with Crippen LogP contribution in [0.1, 0.15) is 28.0 Å². The van der Waals surface area contributed by atoms with Crippen molar-refractivity contribution in [3.63, 3.8) is 0 Å². The molecule has 120 valence electrons. The first kappa shape index (κ1) is 14.3. The number of nitrogens with one attached hydrogen (secondary N) is 1. The number of ketones is 1. The molecule has 2 aromatic rings. The van der Waals surface area contributed by atoms with Crippen molar-refractivity contribution in [3.05, 3.63) is 29.8 Å². The molecule has 2 aromatic heterocycles. The van der Waals surface area contributed by atoms with Gasteiger partial charge in [0, 0.05) is 37.7 Å². The number of pyridine rings is 1. The highest BCUT2D eigenvalue weighted by Crippen LogP contribution is 2.20. The number of carbonyl (C=O) groups is 2. The Labute approximate surface area is 132 Å². The van der Waals surface area contributed by atoms with Gasteiger partial charge in [-0.3, -0.25) is 29.8 Å². The molecule has 2 aliphatic rings. The van der Waals surface area contributed by atoms with E-state index in [0.717, 1.165) is 19.8 Å². The van der Waals surface area contributed by atoms with Gasteiger partial charge < -0.3 is 4.42 Å². The Bertz CT molecular complexity index is 775. The number of furan rings is 1. The predicted octanol–water partition coefficient (Wildman–Crippen LogP) is 0.481. The Morgan fingerprint density at radius 1 is 1.17 bits per heavy atom. The Balaban J connectivity index is 1.51. The van der Waals surface area contributed by atoms with Crippen LogP contribution in [0.3, 0.4) is 0 Å². The lowest BCUT2D eigenvalue weighted by atomic mass is 10.2. The van der Waals surface area contributed by atoms with E-state index in [1.807, 2.05) is 5.01 Å². The summed E-state index contributed by atoms with van der Waals surface area (Å²) in [5.41, 5.74) is 3.63. The average molecular weight is 315 g/mol. The van der Waals surface area contributed by atoms with Gasteiger partial charge in [-0.1, -0.05) is 0 Å². The number of Topliss-reactive ketones (excluding diaryl/α,β-unsaturated/α-hetero) is 1. The predicted molar refractivity (Wildman–Crippen MR) is 81.3 cm³/mol. The molecule has 2 unspecified atom stereocenters. The Morgan fingerprint density at radius 2 is 1.91 bits per heavy atom. The van der Waals surface area contributed by atoms with Crippen LogP contribution in [0.2, 0.25) is 0 Å². The Kier molecular flexibility index (Phi) is 3.37. The van der Waals surface area contributed by atoms with Gasteiger partial charge in [0.25, 0.3) is 5.91 Å². The maximum absolute atomic E-state index is 12.4. The fourth-order valence-electron chi connectivity index (χ4n) is 2.97. The van der Waals surface area contributed by atoms with Crippen molar-refractivity contribution in [2.45, 2.75) is 6.92 Å². The van der Waals surface area contributed by atoms with Crippen molar-refractivity contribution in [2.24, 2.45) is 0 Å². The second-order valence-electron chi connectivity index (χ2n) is 5.97. The van der Waals surface area contributed by atoms with E-state index in [4.69, 9.17) is 4.42 Å². The first-order chi connectivity index (χ1) is 11.1. The number of hydrazine groups is 1. The maximum Gasteiger partial charge on any atom is 0.284 e. The summed E-state index contributed by atoms with van der Waals surface area (Å²) < 4.78 is 5.45. The normalized spacial score (nSPS) is 24.0. The minimum Gasteiger partial charge on any atom is -0.453 e. The molecule has 0 saturated carbocycles. The molecule has 2 fully saturated rings. The summed E-state index contributed by atoms with van der Waals surface area (Å²) >= 11 is 0. The van der Waals surface area contributed by atoms with Crippen molar-refractivity contribution in [1.29, 1.82) is 0 Å². The van der Waals surface area contributed by atoms with Gasteiger partial charge in [0.1, 0.15) is 11.3 Å². The SMILES string of the molecule is CC(=O)c1cc2cnc(C(=O)NN3CN4CCN(C4)C3)cc2o1. The van der Waals surface area contributed by atoms with Crippen LogP contribution in [-0.4, -0.2) is 64.6 Å². The minimum absolute atomic E-state index is 0.154. The lowest BCUT2D eigenvalue weighted by molar-refractivity contribution is 0.000496. The van der Waals surface area contributed by atoms with Crippen LogP contribution in [0.25, 0.3) is 11.0 Å². The van der Waals surface area contributed by atoms with Gasteiger partial charge in [0.15, 0.2) is 11.5 Å². The van der Waals surface area contributed by atoms with Crippen LogP contribution in [0.15, 0.2) is 22.7 Å². The van der Waals surface area contributed by atoms with Gasteiger partial charge >= 0.3 is 0 Å². The molecular weight excluding hydrogens is 298 g/mol. The standard InChI is InChI=1S/C15H17N5O3/c1-10(21)13-4-11-6-16-12(5-14(11)23-13)15(22)17-20-8-18-2-3-19(7-18)9-20/h4-6H,2-3,7-9H2,1H3,(H,17,22). The van der Waals surface area contributed by atoms with Crippen molar-refractivity contribution in [3.8, 4) is 0 Å². The van der Waals surface area contributed by atoms with Gasteiger partial charge in [0.2, 0.25) is 0 Å². The van der Waals surface area contributed by atoms with Gasteiger partial charge in [-0.25, -0.2) is 0 Å². The summed E-state index contributed by atoms with van der Waals surface area (Å²) in [4.78, 5) is 32.4. The quantitative estimate of drug-likeness (QED) is 0.825. The molecule has 4 heterocycles. The molecule has 2 saturated heterocycles. The van der Waals surface area contributed by atoms with Crippen LogP contribution in [0, 0.1) is 0 Å². The molecule has 23 heavy (non-hydrogen) atoms. The summed E-state index contributed by atoms with van der Waals surface area (Å²) in [5.74, 6) is -0.164. The van der Waals surface area contributed by atoms with E-state index in [-0.39, 0.29) is 23.1 Å². The summed E-state index contributed by atoms with van der Waals surface area (Å²) in [6, 6.07) is 3.20. The number of aromatic nitrogens is 1. The van der Waals surface area contributed by atoms with E-state index in [2.05, 4.69) is 20.2 Å². The van der Waals surface area contributed by atoms with Gasteiger partial charge in [-0.2, -0.15) is 5.01 Å². The second-order valence-corrected chi connectivity index (χ2v) is 5.97. The molecule has 0 radical (unpaired) electrons. The lowest BCUT2D eigenvalue weighted by Gasteiger charge is -2.34. The van der Waals surface area contributed by atoms with E-state index in [1.165, 1.54) is 6.92 Å². The maximum atomic E-state index is 12.4. The molecular formula is C15H17N5O3. The molecule has 2 aliphatic heterocycles. The number of fused-ring (bicyclic) bond motifs is 3. The van der Waals surface area contributed by atoms with Crippen LogP contribution in [0.4, 0.5) is 0 Å². The number of hydrogen-bond donors (Lipinski definition) is 1. The van der Waals surface area contributed by atoms with Crippen molar-refractivity contribution in [1.82, 2.24) is 25.2 Å². The molecule has 4 rings (SSSR count). The van der Waals surface area contributed by atoms with E-state index < -0.39 is 0 Å². The highest BCUT2D eigenvalue weighted by Gasteiger charge is 2.29. The number of nitrogens with zero attached hydrogens (tertiary/aromatic N) is 4. The minimum atomic E-state index is -0.281. The average Bonchev–Trinajstić information content (AvgIpc) is 3.09. The van der Waals surface area contributed by atoms with E-state index in [1.54, 1.807) is 18.3 Å². The third-order valence-electron chi connectivity index (χ3n) is 4.11. The zero-order valence-corrected chi connectivity index (χ0v) is 12.8. The van der Waals surface area contributed by atoms with Crippen molar-refractivity contribution in [2.75, 3.05) is 33.1 Å². The Hall–Kier alpha value is -2.29. The van der Waals surface area contributed by atoms with Gasteiger partial charge in [0.05, 0.1) is 20.0 Å². The number of amides is 1. The molecule has 1 N–H and O–H groups in total. The number of carbonyl (C=O) groups excluding carboxylic acids is 2.